The Labute approximate surface area is 177 Å². The molecule has 0 saturated heterocycles. The van der Waals surface area contributed by atoms with Crippen molar-refractivity contribution in [3.8, 4) is 5.75 Å². The highest BCUT2D eigenvalue weighted by Crippen LogP contribution is 2.55. The van der Waals surface area contributed by atoms with Crippen molar-refractivity contribution in [2.45, 2.75) is 81.9 Å². The van der Waals surface area contributed by atoms with Gasteiger partial charge in [0.15, 0.2) is 0 Å². The maximum absolute atomic E-state index is 12.8. The van der Waals surface area contributed by atoms with Crippen molar-refractivity contribution in [3.05, 3.63) is 29.8 Å². The number of rotatable bonds is 5. The van der Waals surface area contributed by atoms with Crippen LogP contribution >= 0.6 is 0 Å². The normalized spacial score (nSPS) is 36.9. The van der Waals surface area contributed by atoms with Gasteiger partial charge in [-0.2, -0.15) is 0 Å². The monoisotopic (exact) mass is 412 g/mol. The van der Waals surface area contributed by atoms with Crippen molar-refractivity contribution in [1.29, 1.82) is 0 Å². The average Bonchev–Trinajstić information content (AvgIpc) is 2.68. The zero-order valence-corrected chi connectivity index (χ0v) is 17.4. The van der Waals surface area contributed by atoms with Gasteiger partial charge >= 0.3 is 12.0 Å². The van der Waals surface area contributed by atoms with Crippen molar-refractivity contribution in [2.24, 2.45) is 17.8 Å². The number of hydrogen-bond donors (Lipinski definition) is 3. The summed E-state index contributed by atoms with van der Waals surface area (Å²) in [6.07, 6.45) is 11.4. The van der Waals surface area contributed by atoms with Crippen LogP contribution in [0.5, 0.6) is 5.75 Å². The van der Waals surface area contributed by atoms with Crippen molar-refractivity contribution in [3.63, 3.8) is 0 Å². The minimum atomic E-state index is -0.931. The Bertz CT molecular complexity index is 763. The Morgan fingerprint density at radius 3 is 2.00 bits per heavy atom. The highest BCUT2D eigenvalue weighted by atomic mass is 16.5. The SMILES string of the molecule is O=C(NC12CC3CC(CC(C3)C1)C2)N[C@H]1CC[C@@H](Oc2ccc(C(=O)O)cc2)CC1. The number of ether oxygens (including phenoxy) is 1. The van der Waals surface area contributed by atoms with Gasteiger partial charge in [0.1, 0.15) is 5.75 Å². The highest BCUT2D eigenvalue weighted by Gasteiger charge is 2.51. The predicted molar refractivity (Wildman–Crippen MR) is 113 cm³/mol. The van der Waals surface area contributed by atoms with E-state index in [0.29, 0.717) is 5.75 Å². The fraction of sp³-hybridized carbons (Fsp3) is 0.667. The molecule has 0 spiro atoms. The van der Waals surface area contributed by atoms with Crippen molar-refractivity contribution >= 4 is 12.0 Å². The minimum absolute atomic E-state index is 0.0191. The third-order valence-electron chi connectivity index (χ3n) is 7.83. The van der Waals surface area contributed by atoms with Crippen LogP contribution in [0.4, 0.5) is 4.79 Å². The second-order valence-corrected chi connectivity index (χ2v) is 10.2. The van der Waals surface area contributed by atoms with E-state index in [9.17, 15) is 9.59 Å². The van der Waals surface area contributed by atoms with E-state index < -0.39 is 5.97 Å². The molecule has 1 aromatic carbocycles. The number of benzene rings is 1. The molecule has 2 amide bonds. The number of carbonyl (C=O) groups is 2. The quantitative estimate of drug-likeness (QED) is 0.671. The van der Waals surface area contributed by atoms with Crippen LogP contribution in [-0.2, 0) is 0 Å². The Morgan fingerprint density at radius 1 is 0.900 bits per heavy atom. The minimum Gasteiger partial charge on any atom is -0.490 e. The van der Waals surface area contributed by atoms with E-state index >= 15 is 0 Å². The molecule has 0 atom stereocenters. The molecule has 6 rings (SSSR count). The van der Waals surface area contributed by atoms with Crippen LogP contribution in [0, 0.1) is 17.8 Å². The lowest BCUT2D eigenvalue weighted by Gasteiger charge is -2.56. The first-order valence-electron chi connectivity index (χ1n) is 11.5. The summed E-state index contributed by atoms with van der Waals surface area (Å²) in [5, 5.41) is 15.6. The molecule has 0 aromatic heterocycles. The lowest BCUT2D eigenvalue weighted by atomic mass is 9.53. The van der Waals surface area contributed by atoms with E-state index in [1.807, 2.05) is 0 Å². The molecule has 0 unspecified atom stereocenters. The van der Waals surface area contributed by atoms with Crippen molar-refractivity contribution < 1.29 is 19.4 Å². The summed E-state index contributed by atoms with van der Waals surface area (Å²) >= 11 is 0. The van der Waals surface area contributed by atoms with Crippen LogP contribution in [0.2, 0.25) is 0 Å². The fourth-order valence-corrected chi connectivity index (χ4v) is 6.92. The second-order valence-electron chi connectivity index (χ2n) is 10.2. The number of carboxylic acids is 1. The van der Waals surface area contributed by atoms with Crippen LogP contribution in [0.3, 0.4) is 0 Å². The van der Waals surface area contributed by atoms with Crippen LogP contribution < -0.4 is 15.4 Å². The molecule has 5 aliphatic carbocycles. The Balaban J connectivity index is 1.08. The molecule has 5 fully saturated rings. The van der Waals surface area contributed by atoms with E-state index in [0.717, 1.165) is 43.4 Å². The van der Waals surface area contributed by atoms with Gasteiger partial charge in [0.05, 0.1) is 11.7 Å². The molecule has 6 heteroatoms. The van der Waals surface area contributed by atoms with E-state index in [2.05, 4.69) is 10.6 Å². The van der Waals surface area contributed by atoms with Crippen LogP contribution in [0.15, 0.2) is 24.3 Å². The maximum atomic E-state index is 12.8. The summed E-state index contributed by atoms with van der Waals surface area (Å²) in [5.41, 5.74) is 0.321. The summed E-state index contributed by atoms with van der Waals surface area (Å²) in [6.45, 7) is 0. The van der Waals surface area contributed by atoms with Gasteiger partial charge in [-0.3, -0.25) is 0 Å². The van der Waals surface area contributed by atoms with Gasteiger partial charge in [0.25, 0.3) is 0 Å². The number of carboxylic acid groups (broad SMARTS) is 1. The Kier molecular flexibility index (Phi) is 5.11. The molecule has 6 nitrogen and oxygen atoms in total. The number of carbonyl (C=O) groups excluding carboxylic acids is 1. The maximum Gasteiger partial charge on any atom is 0.335 e. The summed E-state index contributed by atoms with van der Waals surface area (Å²) in [4.78, 5) is 23.7. The summed E-state index contributed by atoms with van der Waals surface area (Å²) < 4.78 is 6.01. The van der Waals surface area contributed by atoms with Gasteiger partial charge in [0, 0.05) is 11.6 Å². The number of aromatic carboxylic acids is 1. The van der Waals surface area contributed by atoms with E-state index in [-0.39, 0.29) is 29.3 Å². The molecule has 162 valence electrons. The lowest BCUT2D eigenvalue weighted by Crippen LogP contribution is -2.62. The molecule has 1 aromatic rings. The summed E-state index contributed by atoms with van der Waals surface area (Å²) in [7, 11) is 0. The van der Waals surface area contributed by atoms with Gasteiger partial charge in [-0.25, -0.2) is 9.59 Å². The first-order valence-corrected chi connectivity index (χ1v) is 11.5. The zero-order valence-electron chi connectivity index (χ0n) is 17.4. The summed E-state index contributed by atoms with van der Waals surface area (Å²) in [5.74, 6) is 2.26. The standard InChI is InChI=1S/C24H32N2O4/c27-22(28)18-1-5-20(6-2-18)30-21-7-3-19(4-8-21)25-23(29)26-24-12-15-9-16(13-24)11-17(10-15)14-24/h1-2,5-6,15-17,19,21H,3-4,7-14H2,(H,27,28)(H2,25,26,29)/t15?,16?,17?,19-,21+,24?. The van der Waals surface area contributed by atoms with Crippen LogP contribution in [0.25, 0.3) is 0 Å². The smallest absolute Gasteiger partial charge is 0.335 e. The molecule has 5 saturated carbocycles. The molecular weight excluding hydrogens is 380 g/mol. The van der Waals surface area contributed by atoms with Gasteiger partial charge < -0.3 is 20.5 Å². The van der Waals surface area contributed by atoms with Crippen LogP contribution in [0.1, 0.15) is 74.6 Å². The first-order chi connectivity index (χ1) is 14.5. The predicted octanol–water partition coefficient (Wildman–Crippen LogP) is 4.34. The second kappa shape index (κ2) is 7.78. The molecular formula is C24H32N2O4. The molecule has 0 aliphatic heterocycles. The van der Waals surface area contributed by atoms with E-state index in [4.69, 9.17) is 9.84 Å². The van der Waals surface area contributed by atoms with E-state index in [1.165, 1.54) is 38.5 Å². The number of hydrogen-bond acceptors (Lipinski definition) is 3. The lowest BCUT2D eigenvalue weighted by molar-refractivity contribution is -0.0138. The first kappa shape index (κ1) is 19.7. The van der Waals surface area contributed by atoms with Gasteiger partial charge in [0.2, 0.25) is 0 Å². The highest BCUT2D eigenvalue weighted by molar-refractivity contribution is 5.87. The third-order valence-corrected chi connectivity index (χ3v) is 7.83. The molecule has 5 aliphatic rings. The molecule has 4 bridgehead atoms. The van der Waals surface area contributed by atoms with Crippen molar-refractivity contribution in [2.75, 3.05) is 0 Å². The molecule has 3 N–H and O–H groups in total. The number of urea groups is 1. The fourth-order valence-electron chi connectivity index (χ4n) is 6.92. The Morgan fingerprint density at radius 2 is 1.47 bits per heavy atom. The number of nitrogens with one attached hydrogen (secondary N) is 2. The van der Waals surface area contributed by atoms with Gasteiger partial charge in [-0.1, -0.05) is 0 Å². The Hall–Kier alpha value is -2.24. The van der Waals surface area contributed by atoms with Crippen molar-refractivity contribution in [1.82, 2.24) is 10.6 Å². The molecule has 30 heavy (non-hydrogen) atoms. The molecule has 0 radical (unpaired) electrons. The summed E-state index contributed by atoms with van der Waals surface area (Å²) in [6, 6.07) is 6.79. The third kappa shape index (κ3) is 4.14. The molecule has 0 heterocycles. The average molecular weight is 413 g/mol. The van der Waals surface area contributed by atoms with Gasteiger partial charge in [-0.15, -0.1) is 0 Å². The van der Waals surface area contributed by atoms with E-state index in [1.54, 1.807) is 24.3 Å². The number of amides is 2. The van der Waals surface area contributed by atoms with Crippen LogP contribution in [-0.4, -0.2) is 34.8 Å². The zero-order chi connectivity index (χ0) is 20.7. The largest absolute Gasteiger partial charge is 0.490 e. The topological polar surface area (TPSA) is 87.7 Å². The van der Waals surface area contributed by atoms with Gasteiger partial charge in [-0.05, 0) is 106 Å².